The summed E-state index contributed by atoms with van der Waals surface area (Å²) >= 11 is 0. The second-order valence-electron chi connectivity index (χ2n) is 16.0. The van der Waals surface area contributed by atoms with Crippen LogP contribution in [0.2, 0.25) is 0 Å². The zero-order chi connectivity index (χ0) is 39.4. The van der Waals surface area contributed by atoms with Crippen molar-refractivity contribution in [2.75, 3.05) is 4.90 Å². The summed E-state index contributed by atoms with van der Waals surface area (Å²) in [5, 5.41) is 7.36. The normalized spacial score (nSPS) is 13.3. The molecule has 1 aliphatic heterocycles. The first kappa shape index (κ1) is 33.1. The van der Waals surface area contributed by atoms with E-state index in [0.717, 1.165) is 45.4 Å². The zero-order valence-corrected chi connectivity index (χ0v) is 32.6. The molecule has 0 amide bonds. The van der Waals surface area contributed by atoms with E-state index >= 15 is 0 Å². The lowest BCUT2D eigenvalue weighted by Crippen LogP contribution is -2.36. The molecule has 11 aromatic rings. The van der Waals surface area contributed by atoms with Gasteiger partial charge in [0, 0.05) is 44.3 Å². The van der Waals surface area contributed by atoms with Crippen LogP contribution in [0.15, 0.2) is 218 Å². The van der Waals surface area contributed by atoms with E-state index in [2.05, 4.69) is 228 Å². The molecule has 3 heteroatoms. The summed E-state index contributed by atoms with van der Waals surface area (Å²) < 4.78 is 9.10. The molecule has 0 saturated carbocycles. The Morgan fingerprint density at radius 2 is 1.03 bits per heavy atom. The summed E-state index contributed by atoms with van der Waals surface area (Å²) in [7, 11) is 0. The maximum absolute atomic E-state index is 6.69. The third-order valence-electron chi connectivity index (χ3n) is 13.0. The topological polar surface area (TPSA) is 17.4 Å². The van der Waals surface area contributed by atoms with Crippen LogP contribution < -0.4 is 9.64 Å². The Balaban J connectivity index is 1.09. The van der Waals surface area contributed by atoms with Gasteiger partial charge in [0.25, 0.3) is 0 Å². The van der Waals surface area contributed by atoms with Crippen molar-refractivity contribution in [2.45, 2.75) is 5.41 Å². The van der Waals surface area contributed by atoms with E-state index < -0.39 is 5.41 Å². The van der Waals surface area contributed by atoms with Gasteiger partial charge < -0.3 is 14.2 Å². The molecule has 0 N–H and O–H groups in total. The van der Waals surface area contributed by atoms with E-state index in [9.17, 15) is 0 Å². The van der Waals surface area contributed by atoms with Crippen molar-refractivity contribution in [3.63, 3.8) is 0 Å². The van der Waals surface area contributed by atoms with E-state index in [4.69, 9.17) is 4.74 Å². The Hall–Kier alpha value is -7.88. The average molecular weight is 765 g/mol. The van der Waals surface area contributed by atoms with E-state index in [0.29, 0.717) is 0 Å². The largest absolute Gasteiger partial charge is 0.457 e. The van der Waals surface area contributed by atoms with Crippen LogP contribution in [-0.2, 0) is 5.41 Å². The third-order valence-corrected chi connectivity index (χ3v) is 13.0. The first-order valence-corrected chi connectivity index (χ1v) is 20.7. The van der Waals surface area contributed by atoms with Gasteiger partial charge in [0.15, 0.2) is 0 Å². The fourth-order valence-corrected chi connectivity index (χ4v) is 10.6. The number of fused-ring (bicyclic) bond motifs is 12. The second kappa shape index (κ2) is 12.6. The SMILES string of the molecule is c1ccc(N(c2ccc3c(c2)c2ccccc2n3-c2ccc3ccccc3c2)c2ccc3c4c(cccc24)C2(c4ccccc4Oc4ccccc42)c2ccccc2-3)cc1. The van der Waals surface area contributed by atoms with E-state index in [-0.39, 0.29) is 0 Å². The van der Waals surface area contributed by atoms with Gasteiger partial charge in [0.1, 0.15) is 11.5 Å². The van der Waals surface area contributed by atoms with Gasteiger partial charge in [-0.25, -0.2) is 0 Å². The second-order valence-corrected chi connectivity index (χ2v) is 16.0. The summed E-state index contributed by atoms with van der Waals surface area (Å²) in [6, 6.07) is 79.8. The lowest BCUT2D eigenvalue weighted by atomic mass is 9.58. The molecule has 1 aliphatic carbocycles. The molecule has 0 unspecified atom stereocenters. The van der Waals surface area contributed by atoms with Crippen LogP contribution >= 0.6 is 0 Å². The maximum Gasteiger partial charge on any atom is 0.132 e. The molecule has 280 valence electrons. The minimum atomic E-state index is -0.589. The minimum Gasteiger partial charge on any atom is -0.457 e. The molecule has 10 aromatic carbocycles. The molecular formula is C57H36N2O. The van der Waals surface area contributed by atoms with E-state index in [1.54, 1.807) is 0 Å². The first-order valence-electron chi connectivity index (χ1n) is 20.7. The number of anilines is 3. The van der Waals surface area contributed by atoms with E-state index in [1.165, 1.54) is 65.6 Å². The third kappa shape index (κ3) is 4.49. The highest BCUT2D eigenvalue weighted by molar-refractivity contribution is 6.14. The number of rotatable bonds is 4. The lowest BCUT2D eigenvalue weighted by molar-refractivity contribution is 0.435. The van der Waals surface area contributed by atoms with Crippen molar-refractivity contribution < 1.29 is 4.74 Å². The van der Waals surface area contributed by atoms with Gasteiger partial charge in [-0.15, -0.1) is 0 Å². The molecule has 1 spiro atoms. The summed E-state index contributed by atoms with van der Waals surface area (Å²) in [5.41, 5.74) is 13.6. The number of hydrogen-bond donors (Lipinski definition) is 0. The van der Waals surface area contributed by atoms with Gasteiger partial charge in [-0.2, -0.15) is 0 Å². The molecule has 60 heavy (non-hydrogen) atoms. The van der Waals surface area contributed by atoms with Crippen molar-refractivity contribution >= 4 is 60.4 Å². The van der Waals surface area contributed by atoms with Crippen molar-refractivity contribution in [3.05, 3.63) is 241 Å². The van der Waals surface area contributed by atoms with Crippen molar-refractivity contribution in [2.24, 2.45) is 0 Å². The molecule has 0 saturated heterocycles. The highest BCUT2D eigenvalue weighted by Gasteiger charge is 2.49. The first-order chi connectivity index (χ1) is 29.8. The number of ether oxygens (including phenoxy) is 1. The highest BCUT2D eigenvalue weighted by atomic mass is 16.5. The Kier molecular flexibility index (Phi) is 6.93. The van der Waals surface area contributed by atoms with Crippen LogP contribution in [0.3, 0.4) is 0 Å². The van der Waals surface area contributed by atoms with Gasteiger partial charge in [-0.3, -0.25) is 0 Å². The highest BCUT2D eigenvalue weighted by Crippen LogP contribution is 2.62. The van der Waals surface area contributed by atoms with Crippen LogP contribution in [0.5, 0.6) is 11.5 Å². The Morgan fingerprint density at radius 3 is 1.87 bits per heavy atom. The van der Waals surface area contributed by atoms with Gasteiger partial charge >= 0.3 is 0 Å². The molecule has 0 radical (unpaired) electrons. The number of aromatic nitrogens is 1. The Bertz CT molecular complexity index is 3500. The summed E-state index contributed by atoms with van der Waals surface area (Å²) in [6.07, 6.45) is 0. The molecule has 13 rings (SSSR count). The standard InChI is InChI=1S/C57H36N2O/c1-2-17-39(18-3-1)58(41-31-33-53-46(36-41)43-20-7-11-26-51(43)59(53)40-30-29-37-15-4-5-16-38(37)35-40)52-34-32-44-42-19-6-8-22-47(42)57(50-25-14-21-45(52)56(44)50)48-23-9-12-27-54(48)60-55-28-13-10-24-49(55)57/h1-36H. The van der Waals surface area contributed by atoms with Gasteiger partial charge in [-0.05, 0) is 105 Å². The summed E-state index contributed by atoms with van der Waals surface area (Å²) in [5.74, 6) is 1.79. The Morgan fingerprint density at radius 1 is 0.383 bits per heavy atom. The Labute approximate surface area is 347 Å². The van der Waals surface area contributed by atoms with Crippen LogP contribution in [0, 0.1) is 0 Å². The molecule has 0 bridgehead atoms. The average Bonchev–Trinajstić information content (AvgIpc) is 3.64. The van der Waals surface area contributed by atoms with Gasteiger partial charge in [0.05, 0.1) is 22.1 Å². The summed E-state index contributed by atoms with van der Waals surface area (Å²) in [4.78, 5) is 2.45. The lowest BCUT2D eigenvalue weighted by Gasteiger charge is -2.45. The van der Waals surface area contributed by atoms with Crippen LogP contribution in [0.4, 0.5) is 17.1 Å². The quantitative estimate of drug-likeness (QED) is 0.178. The van der Waals surface area contributed by atoms with Crippen LogP contribution in [0.1, 0.15) is 22.3 Å². The monoisotopic (exact) mass is 764 g/mol. The molecule has 1 aromatic heterocycles. The smallest absolute Gasteiger partial charge is 0.132 e. The molecule has 2 heterocycles. The number of para-hydroxylation sites is 4. The van der Waals surface area contributed by atoms with Gasteiger partial charge in [-0.1, -0.05) is 152 Å². The van der Waals surface area contributed by atoms with Crippen LogP contribution in [-0.4, -0.2) is 4.57 Å². The molecule has 3 nitrogen and oxygen atoms in total. The molecular weight excluding hydrogens is 729 g/mol. The number of benzene rings is 10. The number of nitrogens with zero attached hydrogens (tertiary/aromatic N) is 2. The molecule has 0 atom stereocenters. The van der Waals surface area contributed by atoms with Gasteiger partial charge in [0.2, 0.25) is 0 Å². The number of hydrogen-bond acceptors (Lipinski definition) is 2. The molecule has 2 aliphatic rings. The molecule has 0 fully saturated rings. The predicted molar refractivity (Wildman–Crippen MR) is 248 cm³/mol. The minimum absolute atomic E-state index is 0.589. The van der Waals surface area contributed by atoms with Crippen molar-refractivity contribution in [3.8, 4) is 28.3 Å². The fraction of sp³-hybridized carbons (Fsp3) is 0.0175. The zero-order valence-electron chi connectivity index (χ0n) is 32.6. The summed E-state index contributed by atoms with van der Waals surface area (Å²) in [6.45, 7) is 0. The van der Waals surface area contributed by atoms with Crippen molar-refractivity contribution in [1.29, 1.82) is 0 Å². The van der Waals surface area contributed by atoms with Crippen LogP contribution in [0.25, 0.3) is 60.2 Å². The fourth-order valence-electron chi connectivity index (χ4n) is 10.6. The van der Waals surface area contributed by atoms with E-state index in [1.807, 2.05) is 0 Å². The maximum atomic E-state index is 6.69. The van der Waals surface area contributed by atoms with Crippen molar-refractivity contribution in [1.82, 2.24) is 4.57 Å². The predicted octanol–water partition coefficient (Wildman–Crippen LogP) is 15.0.